The van der Waals surface area contributed by atoms with Gasteiger partial charge in [0.1, 0.15) is 11.9 Å². The Kier molecular flexibility index (Phi) is 7.16. The van der Waals surface area contributed by atoms with Crippen LogP contribution in [0.15, 0.2) is 6.07 Å². The molecule has 0 bridgehead atoms. The molecule has 5 nitrogen and oxygen atoms in total. The summed E-state index contributed by atoms with van der Waals surface area (Å²) in [5.41, 5.74) is -0.896. The number of ether oxygens (including phenoxy) is 1. The van der Waals surface area contributed by atoms with E-state index < -0.39 is 12.8 Å². The highest BCUT2D eigenvalue weighted by Crippen LogP contribution is 2.51. The van der Waals surface area contributed by atoms with E-state index in [0.29, 0.717) is 25.1 Å². The fourth-order valence-corrected chi connectivity index (χ4v) is 3.45. The number of halogens is 2. The van der Waals surface area contributed by atoms with E-state index in [0.717, 1.165) is 25.5 Å². The Morgan fingerprint density at radius 3 is 2.60 bits per heavy atom. The molecule has 4 N–H and O–H groups in total. The number of rotatable bonds is 5. The molecule has 0 amide bonds. The smallest absolute Gasteiger partial charge is 0.423 e. The molecule has 25 heavy (non-hydrogen) atoms. The molecule has 0 radical (unpaired) electrons. The molecule has 138 valence electrons. The Hall–Kier alpha value is -0.795. The standard InChI is InChI=1S/C15H19BClFN2O3.CH4S/c17-10-7-11(20-12-3-1-2-6-23-12)9(8-19)14(16(21)22)13(10)15(18)4-5-15;1-2/h7-8,12,19-22H,1-6H2;2H,1H3. The van der Waals surface area contributed by atoms with Gasteiger partial charge in [0.05, 0.1) is 0 Å². The van der Waals surface area contributed by atoms with E-state index in [1.165, 1.54) is 0 Å². The van der Waals surface area contributed by atoms with Crippen LogP contribution >= 0.6 is 24.2 Å². The Morgan fingerprint density at radius 1 is 1.44 bits per heavy atom. The number of thiol groups is 1. The van der Waals surface area contributed by atoms with Gasteiger partial charge < -0.3 is 25.5 Å². The lowest BCUT2D eigenvalue weighted by Gasteiger charge is -2.27. The van der Waals surface area contributed by atoms with Crippen LogP contribution in [0.5, 0.6) is 0 Å². The highest BCUT2D eigenvalue weighted by molar-refractivity contribution is 7.79. The molecule has 1 aliphatic carbocycles. The minimum atomic E-state index is -1.90. The van der Waals surface area contributed by atoms with Gasteiger partial charge in [0, 0.05) is 40.1 Å². The van der Waals surface area contributed by atoms with Crippen LogP contribution in [0.1, 0.15) is 43.2 Å². The molecule has 1 saturated heterocycles. The first kappa shape index (κ1) is 20.5. The van der Waals surface area contributed by atoms with Crippen LogP contribution in [0.4, 0.5) is 10.1 Å². The summed E-state index contributed by atoms with van der Waals surface area (Å²) in [4.78, 5) is 0. The summed E-state index contributed by atoms with van der Waals surface area (Å²) >= 11 is 9.76. The zero-order valence-electron chi connectivity index (χ0n) is 14.1. The van der Waals surface area contributed by atoms with Crippen LogP contribution in [-0.4, -0.2) is 42.5 Å². The summed E-state index contributed by atoms with van der Waals surface area (Å²) in [5, 5.41) is 30.4. The molecule has 0 spiro atoms. The zero-order chi connectivity index (χ0) is 18.6. The Labute approximate surface area is 158 Å². The summed E-state index contributed by atoms with van der Waals surface area (Å²) in [7, 11) is -1.90. The van der Waals surface area contributed by atoms with Gasteiger partial charge in [-0.15, -0.1) is 0 Å². The van der Waals surface area contributed by atoms with E-state index in [9.17, 15) is 14.4 Å². The van der Waals surface area contributed by atoms with Crippen molar-refractivity contribution in [1.82, 2.24) is 0 Å². The van der Waals surface area contributed by atoms with E-state index in [1.54, 1.807) is 12.3 Å². The molecule has 1 saturated carbocycles. The topological polar surface area (TPSA) is 85.6 Å². The van der Waals surface area contributed by atoms with Crippen molar-refractivity contribution >= 4 is 48.7 Å². The first-order valence-corrected chi connectivity index (χ1v) is 9.49. The van der Waals surface area contributed by atoms with Gasteiger partial charge in [-0.25, -0.2) is 4.39 Å². The first-order chi connectivity index (χ1) is 12.0. The van der Waals surface area contributed by atoms with E-state index in [-0.39, 0.29) is 27.8 Å². The number of benzene rings is 1. The highest BCUT2D eigenvalue weighted by atomic mass is 35.5. The fourth-order valence-electron chi connectivity index (χ4n) is 3.07. The molecule has 2 aliphatic rings. The Bertz CT molecular complexity index is 626. The monoisotopic (exact) mass is 388 g/mol. The van der Waals surface area contributed by atoms with Crippen molar-refractivity contribution in [3.63, 3.8) is 0 Å². The molecule has 9 heteroatoms. The van der Waals surface area contributed by atoms with Crippen LogP contribution < -0.4 is 10.8 Å². The van der Waals surface area contributed by atoms with Crippen LogP contribution in [0, 0.1) is 5.41 Å². The lowest BCUT2D eigenvalue weighted by molar-refractivity contribution is 0.0343. The first-order valence-electron chi connectivity index (χ1n) is 8.21. The van der Waals surface area contributed by atoms with E-state index >= 15 is 0 Å². The molecule has 1 aliphatic heterocycles. The normalized spacial score (nSPS) is 21.0. The van der Waals surface area contributed by atoms with Crippen molar-refractivity contribution in [1.29, 1.82) is 5.41 Å². The largest absolute Gasteiger partial charge is 0.489 e. The number of hydrogen-bond donors (Lipinski definition) is 5. The predicted octanol–water partition coefficient (Wildman–Crippen LogP) is 2.46. The van der Waals surface area contributed by atoms with Crippen molar-refractivity contribution in [3.8, 4) is 0 Å². The highest BCUT2D eigenvalue weighted by Gasteiger charge is 2.49. The van der Waals surface area contributed by atoms with Crippen molar-refractivity contribution in [2.45, 2.75) is 44.0 Å². The minimum absolute atomic E-state index is 0.0363. The maximum Gasteiger partial charge on any atom is 0.489 e. The van der Waals surface area contributed by atoms with Crippen molar-refractivity contribution in [2.75, 3.05) is 18.2 Å². The molecule has 1 aromatic rings. The van der Waals surface area contributed by atoms with Crippen molar-refractivity contribution < 1.29 is 19.2 Å². The molecule has 1 unspecified atom stereocenters. The second-order valence-electron chi connectivity index (χ2n) is 6.09. The third-order valence-electron chi connectivity index (χ3n) is 4.40. The predicted molar refractivity (Wildman–Crippen MR) is 103 cm³/mol. The molecule has 1 heterocycles. The van der Waals surface area contributed by atoms with E-state index in [4.69, 9.17) is 21.7 Å². The molecule has 2 fully saturated rings. The second-order valence-corrected chi connectivity index (χ2v) is 6.50. The zero-order valence-corrected chi connectivity index (χ0v) is 15.7. The maximum absolute atomic E-state index is 14.6. The SMILES string of the molecule is CS.N=Cc1c(NC2CCCCO2)cc(Cl)c(C2(F)CC2)c1B(O)O. The summed E-state index contributed by atoms with van der Waals surface area (Å²) < 4.78 is 20.2. The van der Waals surface area contributed by atoms with Crippen LogP contribution in [0.3, 0.4) is 0 Å². The van der Waals surface area contributed by atoms with Gasteiger partial charge in [0.15, 0.2) is 0 Å². The molecule has 0 aromatic heterocycles. The average molecular weight is 389 g/mol. The lowest BCUT2D eigenvalue weighted by atomic mass is 9.72. The number of hydrogen-bond acceptors (Lipinski definition) is 6. The Morgan fingerprint density at radius 2 is 2.12 bits per heavy atom. The van der Waals surface area contributed by atoms with Crippen LogP contribution in [0.2, 0.25) is 5.02 Å². The van der Waals surface area contributed by atoms with Gasteiger partial charge in [-0.2, -0.15) is 12.6 Å². The van der Waals surface area contributed by atoms with Gasteiger partial charge in [0.25, 0.3) is 0 Å². The summed E-state index contributed by atoms with van der Waals surface area (Å²) in [6.45, 7) is 0.645. The Balaban J connectivity index is 0.00000109. The van der Waals surface area contributed by atoms with Crippen molar-refractivity contribution in [3.05, 3.63) is 22.2 Å². The van der Waals surface area contributed by atoms with Gasteiger partial charge in [-0.05, 0) is 44.4 Å². The third kappa shape index (κ3) is 4.49. The second kappa shape index (κ2) is 8.73. The van der Waals surface area contributed by atoms with Gasteiger partial charge in [-0.1, -0.05) is 11.6 Å². The van der Waals surface area contributed by atoms with Gasteiger partial charge in [-0.3, -0.25) is 0 Å². The number of alkyl halides is 1. The number of nitrogens with one attached hydrogen (secondary N) is 2. The van der Waals surface area contributed by atoms with Gasteiger partial charge >= 0.3 is 7.12 Å². The van der Waals surface area contributed by atoms with Crippen LogP contribution in [0.25, 0.3) is 0 Å². The molecule has 1 atom stereocenters. The maximum atomic E-state index is 14.6. The third-order valence-corrected chi connectivity index (χ3v) is 4.69. The van der Waals surface area contributed by atoms with Crippen LogP contribution in [-0.2, 0) is 10.4 Å². The summed E-state index contributed by atoms with van der Waals surface area (Å²) in [6.07, 6.45) is 5.87. The number of anilines is 1. The summed E-state index contributed by atoms with van der Waals surface area (Å²) in [5.74, 6) is 0. The van der Waals surface area contributed by atoms with E-state index in [1.807, 2.05) is 0 Å². The van der Waals surface area contributed by atoms with E-state index in [2.05, 4.69) is 17.9 Å². The fraction of sp³-hybridized carbons (Fsp3) is 0.562. The summed E-state index contributed by atoms with van der Waals surface area (Å²) in [6, 6.07) is 1.54. The average Bonchev–Trinajstić information content (AvgIpc) is 3.35. The molecule has 3 rings (SSSR count). The molecular formula is C16H23BClFN2O3S. The molecular weight excluding hydrogens is 366 g/mol. The molecule has 1 aromatic carbocycles. The minimum Gasteiger partial charge on any atom is -0.423 e. The van der Waals surface area contributed by atoms with Crippen molar-refractivity contribution in [2.24, 2.45) is 0 Å². The lowest BCUT2D eigenvalue weighted by Crippen LogP contribution is -2.39. The van der Waals surface area contributed by atoms with Gasteiger partial charge in [0.2, 0.25) is 0 Å². The quantitative estimate of drug-likeness (QED) is 0.305.